The van der Waals surface area contributed by atoms with Gasteiger partial charge in [0.1, 0.15) is 0 Å². The van der Waals surface area contributed by atoms with Crippen LogP contribution in [-0.4, -0.2) is 52.2 Å². The third-order valence-corrected chi connectivity index (χ3v) is 6.64. The lowest BCUT2D eigenvalue weighted by atomic mass is 9.73. The van der Waals surface area contributed by atoms with Crippen LogP contribution in [0, 0.1) is 17.7 Å². The number of fused-ring (bicyclic) bond motifs is 1. The number of nitrogens with zero attached hydrogens (tertiary/aromatic N) is 4. The molecule has 1 N–H and O–H groups in total. The lowest BCUT2D eigenvalue weighted by molar-refractivity contribution is -0.121. The lowest BCUT2D eigenvalue weighted by Crippen LogP contribution is -2.41. The molecule has 3 fully saturated rings. The zero-order valence-electron chi connectivity index (χ0n) is 16.1. The van der Waals surface area contributed by atoms with Crippen LogP contribution < -0.4 is 10.2 Å². The summed E-state index contributed by atoms with van der Waals surface area (Å²) in [7, 11) is 0. The molecule has 2 aromatic rings. The van der Waals surface area contributed by atoms with E-state index in [0.29, 0.717) is 37.5 Å². The third kappa shape index (κ3) is 3.35. The van der Waals surface area contributed by atoms with E-state index >= 15 is 0 Å². The molecule has 3 aliphatic heterocycles. The number of carbonyl (C=O) groups excluding carboxylic acids is 1. The number of halogens is 1. The Morgan fingerprint density at radius 3 is 3.03 bits per heavy atom. The summed E-state index contributed by atoms with van der Waals surface area (Å²) in [6, 6.07) is 1.72. The highest BCUT2D eigenvalue weighted by molar-refractivity contribution is 5.76. The van der Waals surface area contributed by atoms with Crippen molar-refractivity contribution in [2.75, 3.05) is 24.5 Å². The van der Waals surface area contributed by atoms with E-state index in [4.69, 9.17) is 4.74 Å². The zero-order chi connectivity index (χ0) is 19.8. The molecular weight excluding hydrogens is 373 g/mol. The van der Waals surface area contributed by atoms with Crippen molar-refractivity contribution in [1.82, 2.24) is 20.3 Å². The van der Waals surface area contributed by atoms with Crippen molar-refractivity contribution in [3.8, 4) is 0 Å². The molecule has 1 spiro atoms. The molecule has 2 bridgehead atoms. The minimum Gasteiger partial charge on any atom is -0.369 e. The summed E-state index contributed by atoms with van der Waals surface area (Å²) in [6.07, 6.45) is 11.0. The molecule has 8 heteroatoms. The Labute approximate surface area is 168 Å². The van der Waals surface area contributed by atoms with Gasteiger partial charge in [-0.2, -0.15) is 0 Å². The number of hydrogen-bond acceptors (Lipinski definition) is 6. The van der Waals surface area contributed by atoms with Crippen LogP contribution in [0.5, 0.6) is 0 Å². The van der Waals surface area contributed by atoms with Gasteiger partial charge in [-0.3, -0.25) is 19.7 Å². The first-order valence-electron chi connectivity index (χ1n) is 10.2. The van der Waals surface area contributed by atoms with Gasteiger partial charge in [-0.25, -0.2) is 4.39 Å². The van der Waals surface area contributed by atoms with Crippen LogP contribution >= 0.6 is 0 Å². The number of amides is 1. The first kappa shape index (κ1) is 18.4. The van der Waals surface area contributed by atoms with Crippen LogP contribution in [0.1, 0.15) is 25.0 Å². The highest BCUT2D eigenvalue weighted by Gasteiger charge is 2.63. The summed E-state index contributed by atoms with van der Waals surface area (Å²) in [5, 5.41) is 3.09. The maximum atomic E-state index is 14.2. The van der Waals surface area contributed by atoms with E-state index in [2.05, 4.69) is 25.2 Å². The Morgan fingerprint density at radius 1 is 1.31 bits per heavy atom. The van der Waals surface area contributed by atoms with Gasteiger partial charge in [0.15, 0.2) is 5.82 Å². The summed E-state index contributed by atoms with van der Waals surface area (Å²) in [5.41, 5.74) is 1.19. The largest absolute Gasteiger partial charge is 0.369 e. The van der Waals surface area contributed by atoms with Crippen molar-refractivity contribution in [2.45, 2.75) is 37.4 Å². The molecule has 0 unspecified atom stereocenters. The topological polar surface area (TPSA) is 80.2 Å². The standard InChI is InChI=1S/C21H24FN5O2/c22-17-11-23-6-4-18(17)27-12-16-15(19-3-5-21(16,13-27)29-19)10-26-20(28)2-1-14-9-24-7-8-25-14/h4,6-9,11,15-16,19H,1-3,5,10,12-13H2,(H,26,28)/t15-,16+,19+,21+/m0/s1. The van der Waals surface area contributed by atoms with Gasteiger partial charge in [-0.1, -0.05) is 0 Å². The minimum atomic E-state index is -0.299. The maximum Gasteiger partial charge on any atom is 0.220 e. The number of anilines is 1. The molecule has 0 aromatic carbocycles. The van der Waals surface area contributed by atoms with Gasteiger partial charge >= 0.3 is 0 Å². The summed E-state index contributed by atoms with van der Waals surface area (Å²) < 4.78 is 20.6. The SMILES string of the molecule is O=C(CCc1cnccn1)NC[C@H]1[C@H]2CN(c3ccncc3F)C[C@]23CC[C@H]1O3. The average Bonchev–Trinajstić information content (AvgIpc) is 3.40. The second kappa shape index (κ2) is 7.33. The fourth-order valence-electron chi connectivity index (χ4n) is 5.29. The Bertz CT molecular complexity index is 898. The fourth-order valence-corrected chi connectivity index (χ4v) is 5.29. The molecule has 2 aromatic heterocycles. The van der Waals surface area contributed by atoms with E-state index < -0.39 is 0 Å². The number of pyridine rings is 1. The molecule has 29 heavy (non-hydrogen) atoms. The Kier molecular flexibility index (Phi) is 4.66. The van der Waals surface area contributed by atoms with Crippen molar-refractivity contribution < 1.29 is 13.9 Å². The van der Waals surface area contributed by atoms with Crippen LogP contribution in [0.15, 0.2) is 37.1 Å². The molecule has 5 heterocycles. The van der Waals surface area contributed by atoms with Crippen molar-refractivity contribution in [1.29, 1.82) is 0 Å². The molecule has 0 radical (unpaired) electrons. The first-order valence-corrected chi connectivity index (χ1v) is 10.2. The molecule has 5 rings (SSSR count). The second-order valence-electron chi connectivity index (χ2n) is 8.24. The molecule has 152 valence electrons. The van der Waals surface area contributed by atoms with Crippen LogP contribution in [0.2, 0.25) is 0 Å². The van der Waals surface area contributed by atoms with Crippen molar-refractivity contribution in [2.24, 2.45) is 11.8 Å². The number of carbonyl (C=O) groups is 1. The van der Waals surface area contributed by atoms with E-state index in [9.17, 15) is 9.18 Å². The van der Waals surface area contributed by atoms with Crippen molar-refractivity contribution in [3.63, 3.8) is 0 Å². The molecule has 4 atom stereocenters. The van der Waals surface area contributed by atoms with Crippen LogP contribution in [0.3, 0.4) is 0 Å². The van der Waals surface area contributed by atoms with Crippen LogP contribution in [-0.2, 0) is 16.0 Å². The Balaban J connectivity index is 1.21. The minimum absolute atomic E-state index is 0.0162. The van der Waals surface area contributed by atoms with E-state index in [-0.39, 0.29) is 29.3 Å². The summed E-state index contributed by atoms with van der Waals surface area (Å²) in [5.74, 6) is 0.281. The molecular formula is C21H24FN5O2. The molecule has 0 aliphatic carbocycles. The Hall–Kier alpha value is -2.61. The van der Waals surface area contributed by atoms with E-state index in [0.717, 1.165) is 25.1 Å². The maximum absolute atomic E-state index is 14.2. The van der Waals surface area contributed by atoms with Crippen LogP contribution in [0.25, 0.3) is 0 Å². The summed E-state index contributed by atoms with van der Waals surface area (Å²) in [4.78, 5) is 26.5. The quantitative estimate of drug-likeness (QED) is 0.800. The number of ether oxygens (including phenoxy) is 1. The van der Waals surface area contributed by atoms with Gasteiger partial charge in [0, 0.05) is 62.7 Å². The number of aryl methyl sites for hydroxylation is 1. The third-order valence-electron chi connectivity index (χ3n) is 6.64. The number of rotatable bonds is 6. The van der Waals surface area contributed by atoms with Gasteiger partial charge in [-0.15, -0.1) is 0 Å². The molecule has 3 aliphatic rings. The van der Waals surface area contributed by atoms with Crippen molar-refractivity contribution >= 4 is 11.6 Å². The smallest absolute Gasteiger partial charge is 0.220 e. The predicted molar refractivity (Wildman–Crippen MR) is 104 cm³/mol. The Morgan fingerprint density at radius 2 is 2.21 bits per heavy atom. The van der Waals surface area contributed by atoms with Crippen molar-refractivity contribution in [3.05, 3.63) is 48.6 Å². The molecule has 3 saturated heterocycles. The highest BCUT2D eigenvalue weighted by Crippen LogP contribution is 2.55. The normalized spacial score (nSPS) is 29.8. The van der Waals surface area contributed by atoms with Gasteiger partial charge in [-0.05, 0) is 25.3 Å². The lowest BCUT2D eigenvalue weighted by Gasteiger charge is -2.29. The van der Waals surface area contributed by atoms with Crippen LogP contribution in [0.4, 0.5) is 10.1 Å². The fraction of sp³-hybridized carbons (Fsp3) is 0.524. The molecule has 0 saturated carbocycles. The van der Waals surface area contributed by atoms with Gasteiger partial charge in [0.2, 0.25) is 5.91 Å². The van der Waals surface area contributed by atoms with Gasteiger partial charge in [0.25, 0.3) is 0 Å². The van der Waals surface area contributed by atoms with Gasteiger partial charge in [0.05, 0.1) is 29.3 Å². The molecule has 7 nitrogen and oxygen atoms in total. The monoisotopic (exact) mass is 397 g/mol. The number of nitrogens with one attached hydrogen (secondary N) is 1. The first-order chi connectivity index (χ1) is 14.1. The second-order valence-corrected chi connectivity index (χ2v) is 8.24. The highest BCUT2D eigenvalue weighted by atomic mass is 19.1. The zero-order valence-corrected chi connectivity index (χ0v) is 16.1. The van der Waals surface area contributed by atoms with E-state index in [1.807, 2.05) is 0 Å². The number of hydrogen-bond donors (Lipinski definition) is 1. The number of aromatic nitrogens is 3. The van der Waals surface area contributed by atoms with Gasteiger partial charge < -0.3 is 15.0 Å². The van der Waals surface area contributed by atoms with E-state index in [1.165, 1.54) is 6.20 Å². The molecule has 1 amide bonds. The predicted octanol–water partition coefficient (Wildman–Crippen LogP) is 1.74. The summed E-state index contributed by atoms with van der Waals surface area (Å²) >= 11 is 0. The summed E-state index contributed by atoms with van der Waals surface area (Å²) in [6.45, 7) is 2.05. The van der Waals surface area contributed by atoms with E-state index in [1.54, 1.807) is 30.9 Å². The average molecular weight is 397 g/mol.